The van der Waals surface area contributed by atoms with Gasteiger partial charge in [-0.3, -0.25) is 4.90 Å². The van der Waals surface area contributed by atoms with Crippen molar-refractivity contribution in [3.8, 4) is 17.2 Å². The first-order valence-electron chi connectivity index (χ1n) is 14.8. The van der Waals surface area contributed by atoms with Crippen molar-refractivity contribution < 1.29 is 23.4 Å². The number of nitrogens with zero attached hydrogens (tertiary/aromatic N) is 1. The molecule has 0 bridgehead atoms. The average Bonchev–Trinajstić information content (AvgIpc) is 3.43. The van der Waals surface area contributed by atoms with E-state index in [9.17, 15) is 9.18 Å². The quantitative estimate of drug-likeness (QED) is 0.269. The Morgan fingerprint density at radius 2 is 1.61 bits per heavy atom. The van der Waals surface area contributed by atoms with Gasteiger partial charge in [0.1, 0.15) is 31.1 Å². The molecule has 1 saturated heterocycles. The third-order valence-electron chi connectivity index (χ3n) is 7.77. The number of nitrogens with one attached hydrogen (secondary N) is 1. The Morgan fingerprint density at radius 1 is 0.951 bits per heavy atom. The number of anilines is 1. The predicted octanol–water partition coefficient (Wildman–Crippen LogP) is 6.97. The van der Waals surface area contributed by atoms with Crippen LogP contribution in [0.1, 0.15) is 67.8 Å². The second-order valence-electron chi connectivity index (χ2n) is 10.4. The molecule has 5 rings (SSSR count). The lowest BCUT2D eigenvalue weighted by molar-refractivity contribution is -0.109. The van der Waals surface area contributed by atoms with Gasteiger partial charge in [-0.2, -0.15) is 0 Å². The number of carbonyl (C=O) groups excluding carboxylic acids is 1. The van der Waals surface area contributed by atoms with Crippen LogP contribution in [-0.4, -0.2) is 51.1 Å². The Kier molecular flexibility index (Phi) is 11.0. The van der Waals surface area contributed by atoms with Gasteiger partial charge in [-0.15, -0.1) is 0 Å². The highest BCUT2D eigenvalue weighted by Crippen LogP contribution is 2.43. The fourth-order valence-electron chi connectivity index (χ4n) is 5.71. The largest absolute Gasteiger partial charge is 0.494 e. The molecule has 0 spiro atoms. The molecule has 0 saturated carbocycles. The summed E-state index contributed by atoms with van der Waals surface area (Å²) in [5, 5.41) is 3.13. The Bertz CT molecular complexity index is 1260. The van der Waals surface area contributed by atoms with Crippen LogP contribution in [0.4, 0.5) is 10.1 Å². The molecule has 2 atom stereocenters. The van der Waals surface area contributed by atoms with E-state index in [1.54, 1.807) is 12.1 Å². The highest BCUT2D eigenvalue weighted by molar-refractivity contribution is 5.57. The molecule has 7 heteroatoms. The number of carbonyl (C=O) groups is 1. The first-order chi connectivity index (χ1) is 20.0. The summed E-state index contributed by atoms with van der Waals surface area (Å²) in [4.78, 5) is 13.5. The van der Waals surface area contributed by atoms with Gasteiger partial charge in [-0.05, 0) is 90.3 Å². The van der Waals surface area contributed by atoms with Crippen LogP contribution in [0.2, 0.25) is 0 Å². The molecule has 0 unspecified atom stereocenters. The lowest BCUT2D eigenvalue weighted by atomic mass is 9.93. The highest BCUT2D eigenvalue weighted by atomic mass is 19.1. The first-order valence-corrected chi connectivity index (χ1v) is 14.8. The zero-order chi connectivity index (χ0) is 29.2. The van der Waals surface area contributed by atoms with Crippen molar-refractivity contribution in [2.75, 3.05) is 45.3 Å². The summed E-state index contributed by atoms with van der Waals surface area (Å²) >= 11 is 0. The van der Waals surface area contributed by atoms with Crippen LogP contribution in [0.15, 0.2) is 54.6 Å². The van der Waals surface area contributed by atoms with Crippen LogP contribution in [0.25, 0.3) is 0 Å². The van der Waals surface area contributed by atoms with Gasteiger partial charge in [0.05, 0.1) is 13.2 Å². The van der Waals surface area contributed by atoms with Gasteiger partial charge < -0.3 is 24.3 Å². The maximum atomic E-state index is 13.1. The molecule has 6 nitrogen and oxygen atoms in total. The molecule has 3 aromatic carbocycles. The number of halogens is 1. The molecule has 2 heterocycles. The summed E-state index contributed by atoms with van der Waals surface area (Å²) in [6.07, 6.45) is 4.69. The Balaban J connectivity index is 0.000000251. The first kappa shape index (κ1) is 30.4. The highest BCUT2D eigenvalue weighted by Gasteiger charge is 2.34. The van der Waals surface area contributed by atoms with Gasteiger partial charge in [0.2, 0.25) is 0 Å². The van der Waals surface area contributed by atoms with Crippen molar-refractivity contribution in [2.24, 2.45) is 0 Å². The third kappa shape index (κ3) is 7.59. The monoisotopic (exact) mass is 562 g/mol. The minimum Gasteiger partial charge on any atom is -0.494 e. The molecule has 41 heavy (non-hydrogen) atoms. The van der Waals surface area contributed by atoms with Crippen LogP contribution < -0.4 is 19.5 Å². The molecule has 3 aromatic rings. The van der Waals surface area contributed by atoms with E-state index in [-0.39, 0.29) is 11.9 Å². The summed E-state index contributed by atoms with van der Waals surface area (Å²) in [6.45, 7) is 9.39. The van der Waals surface area contributed by atoms with E-state index in [1.165, 1.54) is 11.1 Å². The standard InChI is InChI=1S/C23H27NO4.C11H16FN/c1-2-11-26-20-6-3-17(4-7-20)21-14-19(16-24(21)9-10-25)18-5-8-22-23(15-18)28-13-12-27-22;1-4-8-6-10(12)7-9(5-2)11(8)13-3/h3-8,10,15,19,21H,2,9,11-14,16H2,1H3;6-7,13H,4-5H2,1-3H3/t19-,21-;/m1./s1. The lowest BCUT2D eigenvalue weighted by Gasteiger charge is -2.22. The minimum atomic E-state index is -0.132. The molecular formula is C34H43FN2O4. The van der Waals surface area contributed by atoms with Crippen molar-refractivity contribution >= 4 is 12.0 Å². The van der Waals surface area contributed by atoms with E-state index < -0.39 is 0 Å². The Labute approximate surface area is 243 Å². The Hall–Kier alpha value is -3.58. The van der Waals surface area contributed by atoms with Crippen LogP contribution in [0.5, 0.6) is 17.2 Å². The summed E-state index contributed by atoms with van der Waals surface area (Å²) in [7, 11) is 1.88. The molecule has 2 aliphatic heterocycles. The topological polar surface area (TPSA) is 60.0 Å². The van der Waals surface area contributed by atoms with Crippen LogP contribution in [-0.2, 0) is 17.6 Å². The second-order valence-corrected chi connectivity index (χ2v) is 10.4. The maximum Gasteiger partial charge on any atom is 0.161 e. The molecule has 1 N–H and O–H groups in total. The van der Waals surface area contributed by atoms with Gasteiger partial charge in [0, 0.05) is 25.3 Å². The molecule has 0 radical (unpaired) electrons. The molecule has 2 aliphatic rings. The normalized spacial score (nSPS) is 17.9. The summed E-state index contributed by atoms with van der Waals surface area (Å²) in [5.74, 6) is 2.77. The molecule has 1 fully saturated rings. The van der Waals surface area contributed by atoms with E-state index in [2.05, 4.69) is 41.4 Å². The molecule has 220 valence electrons. The van der Waals surface area contributed by atoms with Crippen molar-refractivity contribution in [1.82, 2.24) is 4.90 Å². The zero-order valence-electron chi connectivity index (χ0n) is 24.8. The number of likely N-dealkylation sites (tertiary alicyclic amines) is 1. The number of rotatable bonds is 10. The third-order valence-corrected chi connectivity index (χ3v) is 7.77. The van der Waals surface area contributed by atoms with Gasteiger partial charge >= 0.3 is 0 Å². The van der Waals surface area contributed by atoms with Crippen molar-refractivity contribution in [1.29, 1.82) is 0 Å². The Morgan fingerprint density at radius 3 is 2.22 bits per heavy atom. The lowest BCUT2D eigenvalue weighted by Crippen LogP contribution is -2.25. The number of aryl methyl sites for hydroxylation is 2. The molecule has 0 amide bonds. The number of fused-ring (bicyclic) bond motifs is 1. The van der Waals surface area contributed by atoms with Gasteiger partial charge in [0.15, 0.2) is 11.5 Å². The van der Waals surface area contributed by atoms with Gasteiger partial charge in [-0.25, -0.2) is 4.39 Å². The smallest absolute Gasteiger partial charge is 0.161 e. The number of ether oxygens (including phenoxy) is 3. The van der Waals surface area contributed by atoms with Crippen LogP contribution in [0.3, 0.4) is 0 Å². The maximum absolute atomic E-state index is 13.1. The van der Waals surface area contributed by atoms with Crippen LogP contribution >= 0.6 is 0 Å². The zero-order valence-corrected chi connectivity index (χ0v) is 24.8. The van der Waals surface area contributed by atoms with Crippen LogP contribution in [0, 0.1) is 5.82 Å². The van der Waals surface area contributed by atoms with E-state index in [0.717, 1.165) is 79.2 Å². The molecule has 0 aromatic heterocycles. The van der Waals surface area contributed by atoms with E-state index in [0.29, 0.717) is 25.7 Å². The number of hydrogen-bond donors (Lipinski definition) is 1. The fourth-order valence-corrected chi connectivity index (χ4v) is 5.71. The van der Waals surface area contributed by atoms with E-state index in [1.807, 2.05) is 39.1 Å². The second kappa shape index (κ2) is 14.9. The predicted molar refractivity (Wildman–Crippen MR) is 162 cm³/mol. The van der Waals surface area contributed by atoms with Crippen molar-refractivity contribution in [3.63, 3.8) is 0 Å². The summed E-state index contributed by atoms with van der Waals surface area (Å²) in [5.41, 5.74) is 5.67. The summed E-state index contributed by atoms with van der Waals surface area (Å²) < 4.78 is 30.2. The SMILES string of the molecule is CCCOc1ccc([C@H]2C[C@@H](c3ccc4c(c3)OCCO4)CN2CC=O)cc1.CCc1cc(F)cc(CC)c1NC. The van der Waals surface area contributed by atoms with E-state index >= 15 is 0 Å². The van der Waals surface area contributed by atoms with Crippen molar-refractivity contribution in [3.05, 3.63) is 82.7 Å². The molecular weight excluding hydrogens is 519 g/mol. The van der Waals surface area contributed by atoms with Gasteiger partial charge in [-0.1, -0.05) is 39.0 Å². The number of benzene rings is 3. The minimum absolute atomic E-state index is 0.132. The van der Waals surface area contributed by atoms with E-state index in [4.69, 9.17) is 14.2 Å². The average molecular weight is 563 g/mol. The van der Waals surface area contributed by atoms with Crippen molar-refractivity contribution in [2.45, 2.75) is 58.4 Å². The number of aldehydes is 1. The summed E-state index contributed by atoms with van der Waals surface area (Å²) in [6, 6.07) is 18.0. The number of hydrogen-bond acceptors (Lipinski definition) is 6. The molecule has 0 aliphatic carbocycles. The fraction of sp³-hybridized carbons (Fsp3) is 0.441. The van der Waals surface area contributed by atoms with Gasteiger partial charge in [0.25, 0.3) is 0 Å².